The summed E-state index contributed by atoms with van der Waals surface area (Å²) in [7, 11) is 0. The predicted molar refractivity (Wildman–Crippen MR) is 104 cm³/mol. The molecule has 4 heteroatoms. The molecule has 1 aliphatic heterocycles. The summed E-state index contributed by atoms with van der Waals surface area (Å²) < 4.78 is 0. The van der Waals surface area contributed by atoms with E-state index in [0.29, 0.717) is 0 Å². The molecule has 1 aromatic heterocycles. The van der Waals surface area contributed by atoms with Crippen LogP contribution < -0.4 is 10.2 Å². The lowest BCUT2D eigenvalue weighted by Gasteiger charge is -2.60. The summed E-state index contributed by atoms with van der Waals surface area (Å²) in [6.45, 7) is 3.17. The zero-order chi connectivity index (χ0) is 17.6. The van der Waals surface area contributed by atoms with Crippen molar-refractivity contribution in [3.05, 3.63) is 24.0 Å². The van der Waals surface area contributed by atoms with Crippen molar-refractivity contribution >= 4 is 5.69 Å². The van der Waals surface area contributed by atoms with Gasteiger partial charge in [0, 0.05) is 25.2 Å². The summed E-state index contributed by atoms with van der Waals surface area (Å²) in [5.41, 5.74) is 2.18. The van der Waals surface area contributed by atoms with E-state index in [4.69, 9.17) is 4.98 Å². The second kappa shape index (κ2) is 6.49. The SMILES string of the molecule is OC12CC3CC(C1)CC(NCc1ccc(N4CCCCCC4)cn1)(C3)C2. The Morgan fingerprint density at radius 1 is 1.04 bits per heavy atom. The van der Waals surface area contributed by atoms with Crippen molar-refractivity contribution in [3.8, 4) is 0 Å². The maximum absolute atomic E-state index is 10.9. The van der Waals surface area contributed by atoms with Crippen LogP contribution >= 0.6 is 0 Å². The Kier molecular flexibility index (Phi) is 4.24. The Balaban J connectivity index is 1.23. The highest BCUT2D eigenvalue weighted by molar-refractivity contribution is 5.44. The average Bonchev–Trinajstić information content (AvgIpc) is 2.88. The Hall–Kier alpha value is -1.13. The van der Waals surface area contributed by atoms with Crippen LogP contribution in [0.15, 0.2) is 18.3 Å². The first kappa shape index (κ1) is 17.0. The van der Waals surface area contributed by atoms with E-state index in [2.05, 4.69) is 28.5 Å². The zero-order valence-corrected chi connectivity index (χ0v) is 15.9. The van der Waals surface area contributed by atoms with Crippen LogP contribution in [-0.2, 0) is 6.54 Å². The molecule has 2 N–H and O–H groups in total. The second-order valence-corrected chi connectivity index (χ2v) is 9.73. The number of aliphatic hydroxyl groups is 1. The molecule has 1 saturated heterocycles. The Morgan fingerprint density at radius 2 is 1.77 bits per heavy atom. The molecule has 4 saturated carbocycles. The van der Waals surface area contributed by atoms with Gasteiger partial charge in [-0.05, 0) is 75.3 Å². The van der Waals surface area contributed by atoms with Crippen molar-refractivity contribution in [1.29, 1.82) is 0 Å². The Labute approximate surface area is 157 Å². The fourth-order valence-electron chi connectivity index (χ4n) is 6.74. The van der Waals surface area contributed by atoms with Crippen molar-refractivity contribution in [1.82, 2.24) is 10.3 Å². The van der Waals surface area contributed by atoms with Crippen LogP contribution in [0, 0.1) is 11.8 Å². The van der Waals surface area contributed by atoms with Gasteiger partial charge in [0.2, 0.25) is 0 Å². The van der Waals surface area contributed by atoms with Gasteiger partial charge in [-0.3, -0.25) is 4.98 Å². The van der Waals surface area contributed by atoms with Crippen molar-refractivity contribution in [2.24, 2.45) is 11.8 Å². The minimum absolute atomic E-state index is 0.157. The molecule has 26 heavy (non-hydrogen) atoms. The van der Waals surface area contributed by atoms with Crippen LogP contribution in [0.4, 0.5) is 5.69 Å². The highest BCUT2D eigenvalue weighted by atomic mass is 16.3. The molecule has 4 bridgehead atoms. The van der Waals surface area contributed by atoms with Crippen molar-refractivity contribution in [2.75, 3.05) is 18.0 Å². The van der Waals surface area contributed by atoms with E-state index >= 15 is 0 Å². The number of aromatic nitrogens is 1. The first-order valence-corrected chi connectivity index (χ1v) is 10.8. The zero-order valence-electron chi connectivity index (χ0n) is 15.9. The lowest BCUT2D eigenvalue weighted by atomic mass is 9.51. The summed E-state index contributed by atoms with van der Waals surface area (Å²) in [5.74, 6) is 1.46. The van der Waals surface area contributed by atoms with Crippen molar-refractivity contribution in [2.45, 2.75) is 81.9 Å². The van der Waals surface area contributed by atoms with Crippen LogP contribution in [0.2, 0.25) is 0 Å². The first-order chi connectivity index (χ1) is 12.6. The molecule has 5 fully saturated rings. The fraction of sp³-hybridized carbons (Fsp3) is 0.773. The van der Waals surface area contributed by atoms with Gasteiger partial charge in [0.05, 0.1) is 23.2 Å². The van der Waals surface area contributed by atoms with Gasteiger partial charge in [-0.15, -0.1) is 0 Å². The third-order valence-electron chi connectivity index (χ3n) is 7.46. The normalized spacial score (nSPS) is 39.2. The molecule has 142 valence electrons. The summed E-state index contributed by atoms with van der Waals surface area (Å²) in [5, 5.41) is 14.7. The van der Waals surface area contributed by atoms with E-state index in [-0.39, 0.29) is 11.1 Å². The van der Waals surface area contributed by atoms with Crippen molar-refractivity contribution in [3.63, 3.8) is 0 Å². The Morgan fingerprint density at radius 3 is 2.38 bits per heavy atom. The summed E-state index contributed by atoms with van der Waals surface area (Å²) >= 11 is 0. The van der Waals surface area contributed by atoms with E-state index < -0.39 is 0 Å². The van der Waals surface area contributed by atoms with Crippen molar-refractivity contribution < 1.29 is 5.11 Å². The summed E-state index contributed by atoms with van der Waals surface area (Å²) in [4.78, 5) is 7.24. The molecule has 6 rings (SSSR count). The smallest absolute Gasteiger partial charge is 0.0670 e. The summed E-state index contributed by atoms with van der Waals surface area (Å²) in [6, 6.07) is 4.45. The van der Waals surface area contributed by atoms with Gasteiger partial charge >= 0.3 is 0 Å². The molecule has 0 amide bonds. The first-order valence-electron chi connectivity index (χ1n) is 10.8. The van der Waals surface area contributed by atoms with Gasteiger partial charge in [0.1, 0.15) is 0 Å². The number of anilines is 1. The molecule has 0 spiro atoms. The van der Waals surface area contributed by atoms with Gasteiger partial charge in [0.25, 0.3) is 0 Å². The van der Waals surface area contributed by atoms with Gasteiger partial charge < -0.3 is 15.3 Å². The van der Waals surface area contributed by atoms with Gasteiger partial charge in [-0.2, -0.15) is 0 Å². The number of hydrogen-bond acceptors (Lipinski definition) is 4. The standard InChI is InChI=1S/C22H33N3O/c26-22-12-17-9-18(13-22)11-21(10-17,16-22)24-14-19-5-6-20(15-23-19)25-7-3-1-2-4-8-25/h5-6,15,17-18,24,26H,1-4,7-14,16H2. The average molecular weight is 356 g/mol. The maximum atomic E-state index is 10.9. The molecular formula is C22H33N3O. The second-order valence-electron chi connectivity index (χ2n) is 9.73. The quantitative estimate of drug-likeness (QED) is 0.866. The van der Waals surface area contributed by atoms with Gasteiger partial charge in [-0.1, -0.05) is 12.8 Å². The van der Waals surface area contributed by atoms with E-state index in [9.17, 15) is 5.11 Å². The molecule has 0 radical (unpaired) electrons. The lowest BCUT2D eigenvalue weighted by molar-refractivity contribution is -0.142. The minimum Gasteiger partial charge on any atom is -0.390 e. The van der Waals surface area contributed by atoms with Crippen LogP contribution in [-0.4, -0.2) is 34.3 Å². The third kappa shape index (κ3) is 3.27. The molecule has 2 heterocycles. The molecule has 4 aliphatic carbocycles. The van der Waals surface area contributed by atoms with Crippen LogP contribution in [0.25, 0.3) is 0 Å². The Bertz CT molecular complexity index is 621. The van der Waals surface area contributed by atoms with Crippen LogP contribution in [0.3, 0.4) is 0 Å². The van der Waals surface area contributed by atoms with E-state index in [1.165, 1.54) is 63.7 Å². The van der Waals surface area contributed by atoms with E-state index in [0.717, 1.165) is 43.3 Å². The largest absolute Gasteiger partial charge is 0.390 e. The third-order valence-corrected chi connectivity index (χ3v) is 7.46. The predicted octanol–water partition coefficient (Wildman–Crippen LogP) is 3.64. The van der Waals surface area contributed by atoms with Crippen LogP contribution in [0.5, 0.6) is 0 Å². The van der Waals surface area contributed by atoms with Crippen LogP contribution in [0.1, 0.15) is 69.9 Å². The number of rotatable bonds is 4. The van der Waals surface area contributed by atoms with Gasteiger partial charge in [-0.25, -0.2) is 0 Å². The molecule has 0 aromatic carbocycles. The minimum atomic E-state index is -0.388. The molecule has 4 nitrogen and oxygen atoms in total. The molecule has 2 unspecified atom stereocenters. The number of pyridine rings is 1. The van der Waals surface area contributed by atoms with E-state index in [1.807, 2.05) is 0 Å². The highest BCUT2D eigenvalue weighted by Crippen LogP contribution is 2.57. The number of hydrogen-bond donors (Lipinski definition) is 2. The molecular weight excluding hydrogens is 322 g/mol. The lowest BCUT2D eigenvalue weighted by Crippen LogP contribution is -2.64. The van der Waals surface area contributed by atoms with Gasteiger partial charge in [0.15, 0.2) is 0 Å². The molecule has 5 aliphatic rings. The fourth-order valence-corrected chi connectivity index (χ4v) is 6.74. The summed E-state index contributed by atoms with van der Waals surface area (Å²) in [6.07, 6.45) is 14.3. The molecule has 1 aromatic rings. The van der Waals surface area contributed by atoms with E-state index in [1.54, 1.807) is 0 Å². The number of nitrogens with one attached hydrogen (secondary N) is 1. The monoisotopic (exact) mass is 355 g/mol. The highest BCUT2D eigenvalue weighted by Gasteiger charge is 2.56. The topological polar surface area (TPSA) is 48.4 Å². The number of nitrogens with zero attached hydrogens (tertiary/aromatic N) is 2. The molecule has 2 atom stereocenters. The maximum Gasteiger partial charge on any atom is 0.0670 e.